The van der Waals surface area contributed by atoms with Crippen molar-refractivity contribution in [3.63, 3.8) is 0 Å². The molecule has 0 bridgehead atoms. The first kappa shape index (κ1) is 16.2. The Hall–Kier alpha value is -1.22. The van der Waals surface area contributed by atoms with E-state index >= 15 is 0 Å². The fourth-order valence-electron chi connectivity index (χ4n) is 2.24. The zero-order chi connectivity index (χ0) is 15.2. The number of ether oxygens (including phenoxy) is 1. The van der Waals surface area contributed by atoms with Crippen LogP contribution in [0.2, 0.25) is 10.0 Å². The van der Waals surface area contributed by atoms with Gasteiger partial charge in [0.25, 0.3) is 0 Å². The summed E-state index contributed by atoms with van der Waals surface area (Å²) < 4.78 is 5.69. The van der Waals surface area contributed by atoms with Crippen molar-refractivity contribution in [3.05, 3.63) is 63.6 Å². The summed E-state index contributed by atoms with van der Waals surface area (Å²) in [4.78, 5) is 0. The molecule has 0 fully saturated rings. The van der Waals surface area contributed by atoms with E-state index in [9.17, 15) is 0 Å². The van der Waals surface area contributed by atoms with Crippen molar-refractivity contribution in [2.45, 2.75) is 19.4 Å². The predicted molar refractivity (Wildman–Crippen MR) is 89.6 cm³/mol. The molecular formula is C17H19Cl2NO. The molecule has 2 rings (SSSR count). The average molecular weight is 324 g/mol. The van der Waals surface area contributed by atoms with E-state index in [2.05, 4.69) is 18.3 Å². The SMILES string of the molecule is CCCOc1cccc(C(NC)c2cc(Cl)ccc2Cl)c1. The fourth-order valence-corrected chi connectivity index (χ4v) is 2.65. The normalized spacial score (nSPS) is 12.2. The second-order valence-electron chi connectivity index (χ2n) is 4.81. The molecule has 0 aromatic heterocycles. The lowest BCUT2D eigenvalue weighted by atomic mass is 9.98. The lowest BCUT2D eigenvalue weighted by Gasteiger charge is -2.19. The summed E-state index contributed by atoms with van der Waals surface area (Å²) in [6.07, 6.45) is 0.986. The second-order valence-corrected chi connectivity index (χ2v) is 5.65. The van der Waals surface area contributed by atoms with Gasteiger partial charge < -0.3 is 10.1 Å². The third-order valence-electron chi connectivity index (χ3n) is 3.22. The highest BCUT2D eigenvalue weighted by Gasteiger charge is 2.16. The molecule has 0 spiro atoms. The lowest BCUT2D eigenvalue weighted by Crippen LogP contribution is -2.18. The number of rotatable bonds is 6. The molecule has 2 nitrogen and oxygen atoms in total. The van der Waals surface area contributed by atoms with Gasteiger partial charge >= 0.3 is 0 Å². The number of hydrogen-bond donors (Lipinski definition) is 1. The second kappa shape index (κ2) is 7.69. The molecule has 2 aromatic carbocycles. The molecule has 1 atom stereocenters. The van der Waals surface area contributed by atoms with Crippen LogP contribution in [0.1, 0.15) is 30.5 Å². The van der Waals surface area contributed by atoms with E-state index in [1.54, 1.807) is 6.07 Å². The molecule has 0 radical (unpaired) electrons. The number of nitrogens with one attached hydrogen (secondary N) is 1. The van der Waals surface area contributed by atoms with E-state index < -0.39 is 0 Å². The van der Waals surface area contributed by atoms with Gasteiger partial charge in [0.05, 0.1) is 12.6 Å². The summed E-state index contributed by atoms with van der Waals surface area (Å²) in [5.74, 6) is 0.868. The molecule has 2 aromatic rings. The summed E-state index contributed by atoms with van der Waals surface area (Å²) in [6.45, 7) is 2.80. The van der Waals surface area contributed by atoms with Crippen LogP contribution in [0.5, 0.6) is 5.75 Å². The standard InChI is InChI=1S/C17H19Cl2NO/c1-3-9-21-14-6-4-5-12(10-14)17(20-2)15-11-13(18)7-8-16(15)19/h4-8,10-11,17,20H,3,9H2,1-2H3. The van der Waals surface area contributed by atoms with Crippen LogP contribution in [0.3, 0.4) is 0 Å². The highest BCUT2D eigenvalue weighted by molar-refractivity contribution is 6.33. The first-order valence-electron chi connectivity index (χ1n) is 7.00. The van der Waals surface area contributed by atoms with Crippen LogP contribution in [0.15, 0.2) is 42.5 Å². The molecule has 112 valence electrons. The van der Waals surface area contributed by atoms with Crippen molar-refractivity contribution in [3.8, 4) is 5.75 Å². The van der Waals surface area contributed by atoms with Crippen LogP contribution < -0.4 is 10.1 Å². The summed E-state index contributed by atoms with van der Waals surface area (Å²) in [6, 6.07) is 13.5. The molecule has 1 unspecified atom stereocenters. The van der Waals surface area contributed by atoms with Crippen LogP contribution in [-0.2, 0) is 0 Å². The fraction of sp³-hybridized carbons (Fsp3) is 0.294. The maximum absolute atomic E-state index is 6.31. The summed E-state index contributed by atoms with van der Waals surface area (Å²) in [5.41, 5.74) is 2.05. The largest absolute Gasteiger partial charge is 0.494 e. The molecule has 0 heterocycles. The quantitative estimate of drug-likeness (QED) is 0.799. The summed E-state index contributed by atoms with van der Waals surface area (Å²) in [7, 11) is 1.90. The van der Waals surface area contributed by atoms with Gasteiger partial charge in [0.15, 0.2) is 0 Å². The van der Waals surface area contributed by atoms with Gasteiger partial charge in [-0.1, -0.05) is 42.3 Å². The topological polar surface area (TPSA) is 21.3 Å². The summed E-state index contributed by atoms with van der Waals surface area (Å²) >= 11 is 12.4. The smallest absolute Gasteiger partial charge is 0.119 e. The Kier molecular flexibility index (Phi) is 5.92. The van der Waals surface area contributed by atoms with E-state index in [1.807, 2.05) is 37.4 Å². The molecule has 21 heavy (non-hydrogen) atoms. The first-order valence-corrected chi connectivity index (χ1v) is 7.76. The van der Waals surface area contributed by atoms with Crippen molar-refractivity contribution >= 4 is 23.2 Å². The van der Waals surface area contributed by atoms with Gasteiger partial charge in [-0.15, -0.1) is 0 Å². The van der Waals surface area contributed by atoms with Crippen molar-refractivity contribution in [2.75, 3.05) is 13.7 Å². The zero-order valence-electron chi connectivity index (χ0n) is 12.2. The van der Waals surface area contributed by atoms with Gasteiger partial charge in [0.1, 0.15) is 5.75 Å². The average Bonchev–Trinajstić information content (AvgIpc) is 2.50. The van der Waals surface area contributed by atoms with Gasteiger partial charge in [-0.2, -0.15) is 0 Å². The minimum Gasteiger partial charge on any atom is -0.494 e. The Bertz CT molecular complexity index is 601. The third kappa shape index (κ3) is 4.13. The highest BCUT2D eigenvalue weighted by Crippen LogP contribution is 2.31. The highest BCUT2D eigenvalue weighted by atomic mass is 35.5. The molecule has 1 N–H and O–H groups in total. The van der Waals surface area contributed by atoms with Gasteiger partial charge in [-0.3, -0.25) is 0 Å². The van der Waals surface area contributed by atoms with Crippen molar-refractivity contribution in [1.82, 2.24) is 5.32 Å². The van der Waals surface area contributed by atoms with Crippen LogP contribution in [0.25, 0.3) is 0 Å². The van der Waals surface area contributed by atoms with Gasteiger partial charge in [-0.05, 0) is 54.9 Å². The van der Waals surface area contributed by atoms with Crippen molar-refractivity contribution in [2.24, 2.45) is 0 Å². The molecule has 0 saturated heterocycles. The molecule has 0 aliphatic carbocycles. The van der Waals surface area contributed by atoms with E-state index in [-0.39, 0.29) is 6.04 Å². The Balaban J connectivity index is 2.34. The third-order valence-corrected chi connectivity index (χ3v) is 3.80. The van der Waals surface area contributed by atoms with E-state index in [0.717, 1.165) is 23.3 Å². The monoisotopic (exact) mass is 323 g/mol. The maximum atomic E-state index is 6.31. The minimum atomic E-state index is -0.0265. The van der Waals surface area contributed by atoms with Crippen LogP contribution >= 0.6 is 23.2 Å². The van der Waals surface area contributed by atoms with Crippen LogP contribution in [0.4, 0.5) is 0 Å². The Morgan fingerprint density at radius 2 is 1.95 bits per heavy atom. The minimum absolute atomic E-state index is 0.0265. The molecular weight excluding hydrogens is 305 g/mol. The van der Waals surface area contributed by atoms with Gasteiger partial charge in [0, 0.05) is 10.0 Å². The van der Waals surface area contributed by atoms with E-state index in [4.69, 9.17) is 27.9 Å². The number of halogens is 2. The predicted octanol–water partition coefficient (Wildman–Crippen LogP) is 5.09. The van der Waals surface area contributed by atoms with Crippen molar-refractivity contribution in [1.29, 1.82) is 0 Å². The first-order chi connectivity index (χ1) is 10.2. The molecule has 0 aliphatic heterocycles. The Labute approximate surface area is 136 Å². The van der Waals surface area contributed by atoms with Crippen LogP contribution in [0, 0.1) is 0 Å². The Morgan fingerprint density at radius 1 is 1.14 bits per heavy atom. The molecule has 0 saturated carbocycles. The molecule has 0 aliphatic rings. The Morgan fingerprint density at radius 3 is 2.67 bits per heavy atom. The van der Waals surface area contributed by atoms with Crippen molar-refractivity contribution < 1.29 is 4.74 Å². The van der Waals surface area contributed by atoms with E-state index in [0.29, 0.717) is 16.7 Å². The molecule has 4 heteroatoms. The number of benzene rings is 2. The molecule has 0 amide bonds. The van der Waals surface area contributed by atoms with Gasteiger partial charge in [-0.25, -0.2) is 0 Å². The van der Waals surface area contributed by atoms with E-state index in [1.165, 1.54) is 0 Å². The number of hydrogen-bond acceptors (Lipinski definition) is 2. The maximum Gasteiger partial charge on any atom is 0.119 e. The summed E-state index contributed by atoms with van der Waals surface area (Å²) in [5, 5.41) is 4.65. The zero-order valence-corrected chi connectivity index (χ0v) is 13.7. The lowest BCUT2D eigenvalue weighted by molar-refractivity contribution is 0.317. The van der Waals surface area contributed by atoms with Crippen LogP contribution in [-0.4, -0.2) is 13.7 Å². The van der Waals surface area contributed by atoms with Gasteiger partial charge in [0.2, 0.25) is 0 Å².